The van der Waals surface area contributed by atoms with Gasteiger partial charge in [-0.15, -0.1) is 0 Å². The number of rotatable bonds is 4. The second kappa shape index (κ2) is 7.96. The lowest BCUT2D eigenvalue weighted by Crippen LogP contribution is -2.42. The Kier molecular flexibility index (Phi) is 5.90. The van der Waals surface area contributed by atoms with Gasteiger partial charge in [0.25, 0.3) is 0 Å². The van der Waals surface area contributed by atoms with Crippen molar-refractivity contribution in [3.05, 3.63) is 24.3 Å². The quantitative estimate of drug-likeness (QED) is 0.801. The fourth-order valence-corrected chi connectivity index (χ4v) is 4.79. The molecule has 0 bridgehead atoms. The number of aromatic hydroxyl groups is 1. The first-order chi connectivity index (χ1) is 12.0. The third-order valence-corrected chi connectivity index (χ3v) is 6.48. The van der Waals surface area contributed by atoms with Gasteiger partial charge in [-0.2, -0.15) is 0 Å². The van der Waals surface area contributed by atoms with Crippen molar-refractivity contribution in [2.24, 2.45) is 29.6 Å². The van der Waals surface area contributed by atoms with Crippen LogP contribution in [0.15, 0.2) is 24.3 Å². The number of aliphatic hydroxyl groups is 1. The molecular weight excluding hydrogens is 316 g/mol. The van der Waals surface area contributed by atoms with Crippen molar-refractivity contribution in [2.45, 2.75) is 58.8 Å². The van der Waals surface area contributed by atoms with Gasteiger partial charge < -0.3 is 19.7 Å². The van der Waals surface area contributed by atoms with E-state index in [0.29, 0.717) is 29.6 Å². The van der Waals surface area contributed by atoms with Gasteiger partial charge in [-0.3, -0.25) is 0 Å². The average Bonchev–Trinajstić information content (AvgIpc) is 2.79. The molecule has 140 valence electrons. The van der Waals surface area contributed by atoms with Gasteiger partial charge in [0.2, 0.25) is 0 Å². The normalized spacial score (nSPS) is 35.3. The standard InChI is InChI=1S/C21H32O4/c1-13-4-10-19(20-12-24-14(2)5-11-18(13)20)15(3)21(23)25-17-8-6-16(22)7-9-17/h6-9,13-15,18-23H,4-5,10-12H2,1-3H3/t13-,14?,15-,18+,19+,20?,21-/m1/s1. The molecule has 7 atom stereocenters. The van der Waals surface area contributed by atoms with Crippen molar-refractivity contribution in [3.63, 3.8) is 0 Å². The minimum atomic E-state index is -0.843. The van der Waals surface area contributed by atoms with E-state index in [2.05, 4.69) is 20.8 Å². The van der Waals surface area contributed by atoms with Crippen molar-refractivity contribution >= 4 is 0 Å². The zero-order chi connectivity index (χ0) is 18.0. The molecule has 2 unspecified atom stereocenters. The van der Waals surface area contributed by atoms with Crippen LogP contribution in [0.25, 0.3) is 0 Å². The highest BCUT2D eigenvalue weighted by atomic mass is 16.6. The Balaban J connectivity index is 1.68. The molecule has 1 aromatic carbocycles. The van der Waals surface area contributed by atoms with Gasteiger partial charge in [-0.05, 0) is 74.1 Å². The summed E-state index contributed by atoms with van der Waals surface area (Å²) in [4.78, 5) is 0. The van der Waals surface area contributed by atoms with E-state index in [1.165, 1.54) is 12.8 Å². The van der Waals surface area contributed by atoms with Crippen molar-refractivity contribution in [1.82, 2.24) is 0 Å². The second-order valence-electron chi connectivity index (χ2n) is 8.13. The third-order valence-electron chi connectivity index (χ3n) is 6.48. The number of ether oxygens (including phenoxy) is 2. The highest BCUT2D eigenvalue weighted by Gasteiger charge is 2.43. The van der Waals surface area contributed by atoms with Gasteiger partial charge in [-0.1, -0.05) is 20.3 Å². The van der Waals surface area contributed by atoms with Crippen LogP contribution >= 0.6 is 0 Å². The largest absolute Gasteiger partial charge is 0.508 e. The molecule has 2 aliphatic rings. The molecule has 1 saturated carbocycles. The molecule has 0 amide bonds. The summed E-state index contributed by atoms with van der Waals surface area (Å²) in [5, 5.41) is 20.0. The lowest BCUT2D eigenvalue weighted by Gasteiger charge is -2.44. The topological polar surface area (TPSA) is 58.9 Å². The number of hydrogen-bond acceptors (Lipinski definition) is 4. The maximum atomic E-state index is 10.6. The van der Waals surface area contributed by atoms with E-state index in [9.17, 15) is 10.2 Å². The maximum absolute atomic E-state index is 10.6. The molecular formula is C21H32O4. The Morgan fingerprint density at radius 3 is 2.48 bits per heavy atom. The van der Waals surface area contributed by atoms with Crippen LogP contribution in [0.2, 0.25) is 0 Å². The first-order valence-corrected chi connectivity index (χ1v) is 9.71. The van der Waals surface area contributed by atoms with E-state index < -0.39 is 6.29 Å². The first-order valence-electron chi connectivity index (χ1n) is 9.71. The van der Waals surface area contributed by atoms with E-state index in [4.69, 9.17) is 9.47 Å². The first kappa shape index (κ1) is 18.5. The Hall–Kier alpha value is -1.26. The van der Waals surface area contributed by atoms with Crippen LogP contribution in [0.4, 0.5) is 0 Å². The lowest BCUT2D eigenvalue weighted by atomic mass is 9.62. The molecule has 1 heterocycles. The van der Waals surface area contributed by atoms with E-state index >= 15 is 0 Å². The Labute approximate surface area is 151 Å². The third kappa shape index (κ3) is 4.29. The summed E-state index contributed by atoms with van der Waals surface area (Å²) < 4.78 is 11.8. The predicted molar refractivity (Wildman–Crippen MR) is 97.4 cm³/mol. The Bertz CT molecular complexity index is 543. The summed E-state index contributed by atoms with van der Waals surface area (Å²) in [6, 6.07) is 6.53. The fourth-order valence-electron chi connectivity index (χ4n) is 4.79. The summed E-state index contributed by atoms with van der Waals surface area (Å²) in [7, 11) is 0. The van der Waals surface area contributed by atoms with E-state index in [0.717, 1.165) is 25.4 Å². The van der Waals surface area contributed by atoms with Gasteiger partial charge in [0.15, 0.2) is 6.29 Å². The molecule has 2 fully saturated rings. The number of aliphatic hydroxyl groups excluding tert-OH is 1. The molecule has 4 nitrogen and oxygen atoms in total. The monoisotopic (exact) mass is 348 g/mol. The number of phenols is 1. The van der Waals surface area contributed by atoms with Crippen molar-refractivity contribution in [3.8, 4) is 11.5 Å². The number of fused-ring (bicyclic) bond motifs is 1. The van der Waals surface area contributed by atoms with Crippen molar-refractivity contribution < 1.29 is 19.7 Å². The number of benzene rings is 1. The lowest BCUT2D eigenvalue weighted by molar-refractivity contribution is -0.105. The van der Waals surface area contributed by atoms with E-state index in [1.54, 1.807) is 24.3 Å². The van der Waals surface area contributed by atoms with Crippen LogP contribution < -0.4 is 4.74 Å². The smallest absolute Gasteiger partial charge is 0.200 e. The van der Waals surface area contributed by atoms with Crippen LogP contribution in [0.3, 0.4) is 0 Å². The van der Waals surface area contributed by atoms with Crippen LogP contribution in [-0.4, -0.2) is 29.2 Å². The molecule has 0 aromatic heterocycles. The van der Waals surface area contributed by atoms with Crippen LogP contribution in [0.5, 0.6) is 11.5 Å². The molecule has 1 aromatic rings. The minimum Gasteiger partial charge on any atom is -0.508 e. The van der Waals surface area contributed by atoms with Gasteiger partial charge in [0, 0.05) is 5.92 Å². The second-order valence-corrected chi connectivity index (χ2v) is 8.13. The molecule has 1 aliphatic carbocycles. The Morgan fingerprint density at radius 2 is 1.76 bits per heavy atom. The molecule has 1 saturated heterocycles. The number of phenolic OH excluding ortho intramolecular Hbond substituents is 1. The zero-order valence-corrected chi connectivity index (χ0v) is 15.6. The van der Waals surface area contributed by atoms with Gasteiger partial charge in [0.1, 0.15) is 11.5 Å². The summed E-state index contributed by atoms with van der Waals surface area (Å²) in [6.07, 6.45) is 4.20. The number of hydrogen-bond donors (Lipinski definition) is 2. The zero-order valence-electron chi connectivity index (χ0n) is 15.6. The predicted octanol–water partition coefficient (Wildman–Crippen LogP) is 4.20. The Morgan fingerprint density at radius 1 is 1.04 bits per heavy atom. The minimum absolute atomic E-state index is 0.0470. The summed E-state index contributed by atoms with van der Waals surface area (Å²) in [5.74, 6) is 3.17. The molecule has 3 rings (SSSR count). The highest BCUT2D eigenvalue weighted by molar-refractivity contribution is 5.30. The molecule has 0 spiro atoms. The highest BCUT2D eigenvalue weighted by Crippen LogP contribution is 2.46. The summed E-state index contributed by atoms with van der Waals surface area (Å²) in [5.41, 5.74) is 0. The van der Waals surface area contributed by atoms with Crippen molar-refractivity contribution in [2.75, 3.05) is 6.61 Å². The van der Waals surface area contributed by atoms with Crippen LogP contribution in [0, 0.1) is 29.6 Å². The fraction of sp³-hybridized carbons (Fsp3) is 0.714. The van der Waals surface area contributed by atoms with Gasteiger partial charge >= 0.3 is 0 Å². The van der Waals surface area contributed by atoms with E-state index in [-0.39, 0.29) is 11.7 Å². The van der Waals surface area contributed by atoms with E-state index in [1.807, 2.05) is 0 Å². The molecule has 25 heavy (non-hydrogen) atoms. The van der Waals surface area contributed by atoms with Crippen molar-refractivity contribution in [1.29, 1.82) is 0 Å². The SMILES string of the molecule is CC1CC[C@@H]2C(CO1)[C@H]([C@@H](C)[C@H](O)Oc1ccc(O)cc1)CC[C@H]2C. The van der Waals surface area contributed by atoms with Crippen LogP contribution in [-0.2, 0) is 4.74 Å². The van der Waals surface area contributed by atoms with Gasteiger partial charge in [0.05, 0.1) is 12.7 Å². The summed E-state index contributed by atoms with van der Waals surface area (Å²) >= 11 is 0. The molecule has 2 N–H and O–H groups in total. The maximum Gasteiger partial charge on any atom is 0.200 e. The summed E-state index contributed by atoms with van der Waals surface area (Å²) in [6.45, 7) is 7.44. The van der Waals surface area contributed by atoms with Gasteiger partial charge in [-0.25, -0.2) is 0 Å². The molecule has 0 radical (unpaired) electrons. The molecule has 4 heteroatoms. The molecule has 1 aliphatic heterocycles. The van der Waals surface area contributed by atoms with Crippen LogP contribution in [0.1, 0.15) is 46.5 Å². The average molecular weight is 348 g/mol.